The van der Waals surface area contributed by atoms with Crippen molar-refractivity contribution in [3.63, 3.8) is 0 Å². The molecule has 4 aromatic carbocycles. The molecule has 74 heavy (non-hydrogen) atoms. The fourth-order valence-corrected chi connectivity index (χ4v) is 8.99. The Bertz CT molecular complexity index is 3650. The number of aryl methyl sites for hydroxylation is 4. The van der Waals surface area contributed by atoms with E-state index in [0.717, 1.165) is 75.3 Å². The zero-order valence-corrected chi connectivity index (χ0v) is 42.4. The monoisotopic (exact) mass is 1100 g/mol. The van der Waals surface area contributed by atoms with Crippen LogP contribution in [0.3, 0.4) is 0 Å². The number of carbonyl (C=O) groups excluding carboxylic acids is 2. The minimum absolute atomic E-state index is 0.248. The second kappa shape index (κ2) is 22.2. The molecule has 12 rings (SSSR count). The quantitative estimate of drug-likeness (QED) is 0.101. The predicted octanol–water partition coefficient (Wildman–Crippen LogP) is 6.94. The van der Waals surface area contributed by atoms with Crippen LogP contribution in [0.15, 0.2) is 134 Å². The summed E-state index contributed by atoms with van der Waals surface area (Å²) < 4.78 is 20.4. The average Bonchev–Trinajstić information content (AvgIpc) is 4.24. The van der Waals surface area contributed by atoms with Crippen LogP contribution in [0, 0.1) is 3.57 Å². The van der Waals surface area contributed by atoms with E-state index in [9.17, 15) is 9.59 Å². The summed E-state index contributed by atoms with van der Waals surface area (Å²) in [5.41, 5.74) is 6.73. The number of pyridine rings is 2. The van der Waals surface area contributed by atoms with Crippen molar-refractivity contribution in [3.8, 4) is 45.7 Å². The summed E-state index contributed by atoms with van der Waals surface area (Å²) in [6.45, 7) is 2.58. The number of benzene rings is 4. The molecule has 10 aromatic rings. The Hall–Kier alpha value is -8.35. The molecule has 2 amide bonds. The van der Waals surface area contributed by atoms with Gasteiger partial charge in [0, 0.05) is 41.5 Å². The normalized spacial score (nSPS) is 13.5. The lowest BCUT2D eigenvalue weighted by Crippen LogP contribution is -2.29. The lowest BCUT2D eigenvalue weighted by atomic mass is 9.80. The van der Waals surface area contributed by atoms with E-state index in [-0.39, 0.29) is 11.8 Å². The van der Waals surface area contributed by atoms with Crippen LogP contribution < -0.4 is 25.6 Å². The number of amides is 2. The van der Waals surface area contributed by atoms with Crippen LogP contribution in [0.1, 0.15) is 46.4 Å². The van der Waals surface area contributed by atoms with E-state index in [0.29, 0.717) is 76.0 Å². The first kappa shape index (κ1) is 49.2. The zero-order chi connectivity index (χ0) is 51.1. The van der Waals surface area contributed by atoms with E-state index in [1.54, 1.807) is 47.8 Å². The molecule has 2 aliphatic rings. The molecule has 0 radical (unpaired) electrons. The summed E-state index contributed by atoms with van der Waals surface area (Å²) in [5, 5.41) is 50.4. The van der Waals surface area contributed by atoms with Crippen molar-refractivity contribution >= 4 is 80.4 Å². The number of aromatic nitrogens is 12. The summed E-state index contributed by atoms with van der Waals surface area (Å²) in [4.78, 5) is 35.3. The smallest absolute Gasteiger partial charge is 0.488 e. The van der Waals surface area contributed by atoms with Gasteiger partial charge in [-0.3, -0.25) is 19.0 Å². The Morgan fingerprint density at radius 1 is 0.595 bits per heavy atom. The molecule has 20 nitrogen and oxygen atoms in total. The molecule has 0 fully saturated rings. The molecule has 0 atom stereocenters. The van der Waals surface area contributed by atoms with E-state index in [2.05, 4.69) is 79.9 Å². The van der Waals surface area contributed by atoms with Gasteiger partial charge in [-0.05, 0) is 138 Å². The van der Waals surface area contributed by atoms with Gasteiger partial charge in [0.05, 0.1) is 47.8 Å². The lowest BCUT2D eigenvalue weighted by molar-refractivity contribution is 0.101. The van der Waals surface area contributed by atoms with Gasteiger partial charge in [-0.2, -0.15) is 10.2 Å². The van der Waals surface area contributed by atoms with E-state index < -0.39 is 7.12 Å². The van der Waals surface area contributed by atoms with Gasteiger partial charge in [0.2, 0.25) is 0 Å². The molecule has 0 saturated heterocycles. The fourth-order valence-electron chi connectivity index (χ4n) is 8.50. The molecule has 0 aliphatic carbocycles. The highest BCUT2D eigenvalue weighted by Crippen LogP contribution is 2.31. The third-order valence-corrected chi connectivity index (χ3v) is 13.0. The molecule has 2 aliphatic heterocycles. The van der Waals surface area contributed by atoms with E-state index in [4.69, 9.17) is 19.5 Å². The van der Waals surface area contributed by atoms with Crippen molar-refractivity contribution in [3.05, 3.63) is 149 Å². The first-order valence-electron chi connectivity index (χ1n) is 23.8. The minimum atomic E-state index is -1.41. The molecule has 4 N–H and O–H groups in total. The van der Waals surface area contributed by atoms with Crippen LogP contribution in [0.4, 0.5) is 11.6 Å². The molecule has 0 unspecified atom stereocenters. The lowest BCUT2D eigenvalue weighted by Gasteiger charge is -2.15. The Morgan fingerprint density at radius 2 is 1.11 bits per heavy atom. The molecular weight excluding hydrogens is 1050 g/mol. The molecule has 0 saturated carbocycles. The maximum atomic E-state index is 13.4. The third kappa shape index (κ3) is 11.2. The van der Waals surface area contributed by atoms with Crippen molar-refractivity contribution in [2.75, 3.05) is 23.8 Å². The van der Waals surface area contributed by atoms with E-state index in [1.165, 1.54) is 0 Å². The zero-order valence-electron chi connectivity index (χ0n) is 40.2. The van der Waals surface area contributed by atoms with Gasteiger partial charge in [-0.25, -0.2) is 9.97 Å². The van der Waals surface area contributed by atoms with Gasteiger partial charge >= 0.3 is 7.12 Å². The Balaban J connectivity index is 0.000000140. The number of ether oxygens (including phenoxy) is 2. The van der Waals surface area contributed by atoms with E-state index in [1.807, 2.05) is 113 Å². The second-order valence-electron chi connectivity index (χ2n) is 17.4. The van der Waals surface area contributed by atoms with Crippen LogP contribution in [-0.2, 0) is 27.2 Å². The average molecular weight is 1100 g/mol. The highest BCUT2D eigenvalue weighted by Gasteiger charge is 2.20. The predicted molar refractivity (Wildman–Crippen MR) is 288 cm³/mol. The molecule has 22 heteroatoms. The van der Waals surface area contributed by atoms with Crippen molar-refractivity contribution < 1.29 is 29.1 Å². The number of halogens is 1. The maximum Gasteiger partial charge on any atom is 0.488 e. The Kier molecular flexibility index (Phi) is 14.8. The molecule has 0 spiro atoms. The molecule has 6 aromatic heterocycles. The summed E-state index contributed by atoms with van der Waals surface area (Å²) in [6.07, 6.45) is 10.4. The standard InChI is InChI=1S/C26H23N7O2.C18H16IN5O2.C8H9BN2O2/c1-32-22-9-7-17(13-19(22)15-28-32)18-8-10-23-20(14-18)26(34)30-24-6-4-5-21(29-24)25-31-27-16-33(25)11-2-3-12-35-23;19-12-6-7-15-13(10-12)18(25)22-16-5-3-4-14(21-16)17-23-20-11-24(17)8-1-2-9-26-15;1-11-8-3-2-7(9(12)13)4-6(8)5-10-11/h4-10,13-16H,2-3,11-12H2,1H3,(H,29,30,34);3-7,10-11H,1-2,8-9H2,(H,21,22,25);2-5,12-13H,1H3. The number of hydrogen-bond donors (Lipinski definition) is 4. The van der Waals surface area contributed by atoms with Crippen molar-refractivity contribution in [2.45, 2.75) is 38.8 Å². The number of anilines is 2. The number of hydrogen-bond acceptors (Lipinski definition) is 14. The van der Waals surface area contributed by atoms with Gasteiger partial charge in [0.25, 0.3) is 11.8 Å². The van der Waals surface area contributed by atoms with Crippen molar-refractivity contribution in [2.24, 2.45) is 14.1 Å². The second-order valence-corrected chi connectivity index (χ2v) is 18.6. The van der Waals surface area contributed by atoms with Gasteiger partial charge < -0.3 is 39.3 Å². The number of nitrogens with zero attached hydrogens (tertiary/aromatic N) is 12. The molecule has 372 valence electrons. The Morgan fingerprint density at radius 3 is 1.69 bits per heavy atom. The number of fused-ring (bicyclic) bond motifs is 12. The number of rotatable bonds is 2. The molecular formula is C52H48BIN14O6. The van der Waals surface area contributed by atoms with Crippen molar-refractivity contribution in [1.29, 1.82) is 0 Å². The van der Waals surface area contributed by atoms with E-state index >= 15 is 0 Å². The first-order chi connectivity index (χ1) is 36.0. The number of carbonyl (C=O) groups is 2. The molecule has 8 heterocycles. The molecule has 4 bridgehead atoms. The van der Waals surface area contributed by atoms with Gasteiger partial charge in [-0.1, -0.05) is 36.4 Å². The topological polar surface area (TPSA) is 240 Å². The van der Waals surface area contributed by atoms with Gasteiger partial charge in [0.15, 0.2) is 11.6 Å². The maximum absolute atomic E-state index is 13.4. The summed E-state index contributed by atoms with van der Waals surface area (Å²) >= 11 is 2.18. The highest BCUT2D eigenvalue weighted by molar-refractivity contribution is 14.1. The van der Waals surface area contributed by atoms with Crippen LogP contribution in [0.25, 0.3) is 56.0 Å². The van der Waals surface area contributed by atoms with Crippen LogP contribution >= 0.6 is 22.6 Å². The highest BCUT2D eigenvalue weighted by atomic mass is 127. The summed E-state index contributed by atoms with van der Waals surface area (Å²) in [7, 11) is 2.35. The van der Waals surface area contributed by atoms with Crippen LogP contribution in [-0.4, -0.2) is 101 Å². The minimum Gasteiger partial charge on any atom is -0.493 e. The van der Waals surface area contributed by atoms with Crippen molar-refractivity contribution in [1.82, 2.24) is 59.1 Å². The fraction of sp³-hybridized carbons (Fsp3) is 0.192. The SMILES string of the molecule is Cn1ncc2cc(-c3ccc4c(c3)C(=O)Nc3cccc(n3)-c3nncn3CCCCO4)ccc21.Cn1ncc2cc(B(O)O)ccc21.O=C1Nc2cccc(n2)-c2nncn2CCCCOc2ccc(I)cc21. The Labute approximate surface area is 437 Å². The largest absolute Gasteiger partial charge is 0.493 e. The van der Waals surface area contributed by atoms with Crippen LogP contribution in [0.2, 0.25) is 0 Å². The van der Waals surface area contributed by atoms with Gasteiger partial charge in [0.1, 0.15) is 47.2 Å². The van der Waals surface area contributed by atoms with Gasteiger partial charge in [-0.15, -0.1) is 20.4 Å². The summed E-state index contributed by atoms with van der Waals surface area (Å²) in [5.74, 6) is 2.86. The van der Waals surface area contributed by atoms with Crippen LogP contribution in [0.5, 0.6) is 11.5 Å². The number of nitrogens with one attached hydrogen (secondary N) is 2. The first-order valence-corrected chi connectivity index (χ1v) is 24.8. The summed E-state index contributed by atoms with van der Waals surface area (Å²) in [6, 6.07) is 33.6. The third-order valence-electron chi connectivity index (χ3n) is 12.3.